The SMILES string of the molecule is C=C/C=C(\N=C)N1CCN(C(=O)CCC(=O)NO)CC1. The fourth-order valence-electron chi connectivity index (χ4n) is 1.98. The van der Waals surface area contributed by atoms with E-state index in [1.54, 1.807) is 17.1 Å². The maximum absolute atomic E-state index is 11.9. The molecule has 1 fully saturated rings. The van der Waals surface area contributed by atoms with Crippen molar-refractivity contribution < 1.29 is 14.8 Å². The van der Waals surface area contributed by atoms with Crippen molar-refractivity contribution >= 4 is 18.5 Å². The number of carbonyl (C=O) groups is 2. The molecule has 0 radical (unpaired) electrons. The van der Waals surface area contributed by atoms with Gasteiger partial charge in [0, 0.05) is 39.0 Å². The molecule has 0 bridgehead atoms. The van der Waals surface area contributed by atoms with Gasteiger partial charge in [0.25, 0.3) is 0 Å². The van der Waals surface area contributed by atoms with E-state index in [0.717, 1.165) is 5.82 Å². The van der Waals surface area contributed by atoms with Crippen LogP contribution in [0.5, 0.6) is 0 Å². The summed E-state index contributed by atoms with van der Waals surface area (Å²) < 4.78 is 0. The van der Waals surface area contributed by atoms with Gasteiger partial charge in [-0.05, 0) is 12.8 Å². The normalized spacial score (nSPS) is 15.8. The first-order chi connectivity index (χ1) is 9.62. The van der Waals surface area contributed by atoms with E-state index in [1.165, 1.54) is 5.48 Å². The minimum Gasteiger partial charge on any atom is -0.353 e. The molecule has 0 atom stereocenters. The fraction of sp³-hybridized carbons (Fsp3) is 0.462. The van der Waals surface area contributed by atoms with Crippen LogP contribution >= 0.6 is 0 Å². The summed E-state index contributed by atoms with van der Waals surface area (Å²) >= 11 is 0. The second kappa shape index (κ2) is 8.11. The lowest BCUT2D eigenvalue weighted by Crippen LogP contribution is -2.48. The van der Waals surface area contributed by atoms with Crippen molar-refractivity contribution in [2.24, 2.45) is 4.99 Å². The molecular formula is C13H20N4O3. The van der Waals surface area contributed by atoms with Gasteiger partial charge in [-0.1, -0.05) is 12.7 Å². The van der Waals surface area contributed by atoms with Crippen LogP contribution in [-0.2, 0) is 9.59 Å². The van der Waals surface area contributed by atoms with Crippen LogP contribution in [0.1, 0.15) is 12.8 Å². The van der Waals surface area contributed by atoms with E-state index >= 15 is 0 Å². The maximum Gasteiger partial charge on any atom is 0.243 e. The zero-order valence-corrected chi connectivity index (χ0v) is 11.4. The fourth-order valence-corrected chi connectivity index (χ4v) is 1.98. The molecule has 7 heteroatoms. The highest BCUT2D eigenvalue weighted by molar-refractivity contribution is 5.83. The molecule has 2 amide bonds. The topological polar surface area (TPSA) is 85.2 Å². The van der Waals surface area contributed by atoms with Gasteiger partial charge in [-0.25, -0.2) is 10.5 Å². The van der Waals surface area contributed by atoms with Gasteiger partial charge >= 0.3 is 0 Å². The monoisotopic (exact) mass is 280 g/mol. The minimum absolute atomic E-state index is 0.00855. The number of rotatable bonds is 6. The van der Waals surface area contributed by atoms with Crippen molar-refractivity contribution in [3.8, 4) is 0 Å². The largest absolute Gasteiger partial charge is 0.353 e. The molecule has 0 spiro atoms. The number of hydroxylamine groups is 1. The molecule has 0 aromatic heterocycles. The number of hydrogen-bond donors (Lipinski definition) is 2. The quantitative estimate of drug-likeness (QED) is 0.314. The number of amides is 2. The first-order valence-corrected chi connectivity index (χ1v) is 6.37. The molecule has 0 aromatic carbocycles. The number of carbonyl (C=O) groups excluding carboxylic acids is 2. The summed E-state index contributed by atoms with van der Waals surface area (Å²) in [6.45, 7) is 9.61. The van der Waals surface area contributed by atoms with E-state index in [0.29, 0.717) is 26.2 Å². The third-order valence-corrected chi connectivity index (χ3v) is 3.08. The van der Waals surface area contributed by atoms with Crippen molar-refractivity contribution in [2.45, 2.75) is 12.8 Å². The van der Waals surface area contributed by atoms with Gasteiger partial charge in [-0.3, -0.25) is 14.8 Å². The standard InChI is InChI=1S/C13H20N4O3/c1-3-4-11(14-2)16-7-9-17(10-8-16)13(19)6-5-12(18)15-20/h3-4,20H,1-2,5-10H2,(H,15,18)/b11-4+. The van der Waals surface area contributed by atoms with Crippen LogP contribution in [0.3, 0.4) is 0 Å². The highest BCUT2D eigenvalue weighted by atomic mass is 16.5. The summed E-state index contributed by atoms with van der Waals surface area (Å²) in [7, 11) is 0. The highest BCUT2D eigenvalue weighted by Crippen LogP contribution is 2.11. The van der Waals surface area contributed by atoms with Gasteiger partial charge in [-0.15, -0.1) is 0 Å². The Morgan fingerprint density at radius 2 is 1.80 bits per heavy atom. The molecule has 0 saturated carbocycles. The molecule has 7 nitrogen and oxygen atoms in total. The lowest BCUT2D eigenvalue weighted by atomic mass is 10.2. The van der Waals surface area contributed by atoms with Gasteiger partial charge in [0.05, 0.1) is 0 Å². The highest BCUT2D eigenvalue weighted by Gasteiger charge is 2.22. The Morgan fingerprint density at radius 1 is 1.20 bits per heavy atom. The molecule has 1 aliphatic heterocycles. The van der Waals surface area contributed by atoms with E-state index in [4.69, 9.17) is 5.21 Å². The van der Waals surface area contributed by atoms with Crippen molar-refractivity contribution in [2.75, 3.05) is 26.2 Å². The lowest BCUT2D eigenvalue weighted by Gasteiger charge is -2.36. The van der Waals surface area contributed by atoms with Gasteiger partial charge in [0.15, 0.2) is 0 Å². The predicted octanol–water partition coefficient (Wildman–Crippen LogP) is 0.144. The average molecular weight is 280 g/mol. The third-order valence-electron chi connectivity index (χ3n) is 3.08. The van der Waals surface area contributed by atoms with Crippen molar-refractivity contribution in [1.29, 1.82) is 0 Å². The molecule has 0 aromatic rings. The molecular weight excluding hydrogens is 260 g/mol. The second-order valence-electron chi connectivity index (χ2n) is 4.32. The van der Waals surface area contributed by atoms with Crippen molar-refractivity contribution in [3.05, 3.63) is 24.6 Å². The van der Waals surface area contributed by atoms with E-state index < -0.39 is 5.91 Å². The van der Waals surface area contributed by atoms with Crippen LogP contribution in [0.4, 0.5) is 0 Å². The number of allylic oxidation sites excluding steroid dienone is 2. The first-order valence-electron chi connectivity index (χ1n) is 6.37. The molecule has 2 N–H and O–H groups in total. The number of piperazine rings is 1. The van der Waals surface area contributed by atoms with E-state index in [9.17, 15) is 9.59 Å². The number of nitrogens with zero attached hydrogens (tertiary/aromatic N) is 3. The van der Waals surface area contributed by atoms with Crippen LogP contribution in [0.15, 0.2) is 29.5 Å². The first kappa shape index (κ1) is 15.9. The Balaban J connectivity index is 2.43. The van der Waals surface area contributed by atoms with Gasteiger partial charge < -0.3 is 9.80 Å². The molecule has 1 heterocycles. The van der Waals surface area contributed by atoms with Gasteiger partial charge in [0.1, 0.15) is 5.82 Å². The van der Waals surface area contributed by atoms with Crippen LogP contribution in [0.25, 0.3) is 0 Å². The molecule has 0 unspecified atom stereocenters. The van der Waals surface area contributed by atoms with E-state index in [1.807, 2.05) is 4.90 Å². The summed E-state index contributed by atoms with van der Waals surface area (Å²) in [5.41, 5.74) is 1.51. The van der Waals surface area contributed by atoms with Gasteiger partial charge in [0.2, 0.25) is 11.8 Å². The molecule has 1 rings (SSSR count). The smallest absolute Gasteiger partial charge is 0.243 e. The molecule has 0 aliphatic carbocycles. The van der Waals surface area contributed by atoms with Crippen molar-refractivity contribution in [3.63, 3.8) is 0 Å². The van der Waals surface area contributed by atoms with Crippen LogP contribution in [0, 0.1) is 0 Å². The molecule has 110 valence electrons. The Kier molecular flexibility index (Phi) is 6.45. The summed E-state index contributed by atoms with van der Waals surface area (Å²) in [5.74, 6) is 0.102. The zero-order valence-electron chi connectivity index (χ0n) is 11.4. The van der Waals surface area contributed by atoms with Crippen LogP contribution in [-0.4, -0.2) is 59.7 Å². The zero-order chi connectivity index (χ0) is 15.0. The second-order valence-corrected chi connectivity index (χ2v) is 4.32. The number of nitrogens with one attached hydrogen (secondary N) is 1. The van der Waals surface area contributed by atoms with Crippen molar-refractivity contribution in [1.82, 2.24) is 15.3 Å². The number of hydrogen-bond acceptors (Lipinski definition) is 5. The number of aliphatic imine (C=N–C) groups is 1. The van der Waals surface area contributed by atoms with E-state index in [-0.39, 0.29) is 18.7 Å². The molecule has 1 aliphatic rings. The predicted molar refractivity (Wildman–Crippen MR) is 75.1 cm³/mol. The average Bonchev–Trinajstić information content (AvgIpc) is 2.50. The summed E-state index contributed by atoms with van der Waals surface area (Å²) in [6.07, 6.45) is 3.51. The van der Waals surface area contributed by atoms with E-state index in [2.05, 4.69) is 18.3 Å². The summed E-state index contributed by atoms with van der Waals surface area (Å²) in [5, 5.41) is 8.37. The Morgan fingerprint density at radius 3 is 2.30 bits per heavy atom. The minimum atomic E-state index is -0.552. The van der Waals surface area contributed by atoms with Crippen LogP contribution in [0.2, 0.25) is 0 Å². The summed E-state index contributed by atoms with van der Waals surface area (Å²) in [4.78, 5) is 30.4. The third kappa shape index (κ3) is 4.51. The van der Waals surface area contributed by atoms with Crippen LogP contribution < -0.4 is 5.48 Å². The summed E-state index contributed by atoms with van der Waals surface area (Å²) in [6, 6.07) is 0. The van der Waals surface area contributed by atoms with Gasteiger partial charge in [-0.2, -0.15) is 0 Å². The molecule has 1 saturated heterocycles. The maximum atomic E-state index is 11.9. The Hall–Kier alpha value is -2.15. The Bertz CT molecular complexity index is 412. The molecule has 20 heavy (non-hydrogen) atoms. The lowest BCUT2D eigenvalue weighted by molar-refractivity contribution is -0.136. The Labute approximate surface area is 118 Å².